The first-order valence-corrected chi connectivity index (χ1v) is 4.71. The van der Waals surface area contributed by atoms with E-state index in [4.69, 9.17) is 0 Å². The van der Waals surface area contributed by atoms with Crippen molar-refractivity contribution in [1.82, 2.24) is 0 Å². The van der Waals surface area contributed by atoms with Crippen LogP contribution in [0.3, 0.4) is 0 Å². The van der Waals surface area contributed by atoms with Gasteiger partial charge in [-0.2, -0.15) is 0 Å². The molecule has 1 saturated carbocycles. The molecule has 12 heavy (non-hydrogen) atoms. The van der Waals surface area contributed by atoms with Crippen molar-refractivity contribution < 1.29 is 4.79 Å². The Labute approximate surface area is 74.9 Å². The van der Waals surface area contributed by atoms with Gasteiger partial charge in [-0.05, 0) is 24.2 Å². The summed E-state index contributed by atoms with van der Waals surface area (Å²) in [6.45, 7) is 8.16. The van der Waals surface area contributed by atoms with E-state index in [0.717, 1.165) is 19.3 Å². The van der Waals surface area contributed by atoms with Gasteiger partial charge in [0.1, 0.15) is 5.78 Å². The Hall–Kier alpha value is -0.590. The smallest absolute Gasteiger partial charge is 0.133 e. The Morgan fingerprint density at radius 3 is 2.75 bits per heavy atom. The van der Waals surface area contributed by atoms with Crippen LogP contribution in [0.25, 0.3) is 0 Å². The van der Waals surface area contributed by atoms with Gasteiger partial charge >= 0.3 is 0 Å². The lowest BCUT2D eigenvalue weighted by molar-refractivity contribution is -0.122. The van der Waals surface area contributed by atoms with E-state index in [1.807, 2.05) is 6.08 Å². The van der Waals surface area contributed by atoms with E-state index >= 15 is 0 Å². The third kappa shape index (κ3) is 1.96. The second kappa shape index (κ2) is 3.42. The minimum absolute atomic E-state index is 0.135. The third-order valence-corrected chi connectivity index (χ3v) is 3.06. The van der Waals surface area contributed by atoms with Crippen molar-refractivity contribution in [3.05, 3.63) is 12.7 Å². The molecule has 1 aliphatic rings. The second-order valence-electron chi connectivity index (χ2n) is 4.36. The van der Waals surface area contributed by atoms with E-state index in [0.29, 0.717) is 11.7 Å². The van der Waals surface area contributed by atoms with Gasteiger partial charge in [0, 0.05) is 12.8 Å². The van der Waals surface area contributed by atoms with Crippen LogP contribution in [-0.2, 0) is 4.79 Å². The average molecular weight is 166 g/mol. The molecule has 0 N–H and O–H groups in total. The minimum Gasteiger partial charge on any atom is -0.300 e. The number of hydrogen-bond donors (Lipinski definition) is 0. The second-order valence-corrected chi connectivity index (χ2v) is 4.36. The van der Waals surface area contributed by atoms with Gasteiger partial charge in [0.25, 0.3) is 0 Å². The molecule has 0 heterocycles. The maximum absolute atomic E-state index is 11.2. The highest BCUT2D eigenvalue weighted by atomic mass is 16.1. The average Bonchev–Trinajstić information content (AvgIpc) is 2.05. The van der Waals surface area contributed by atoms with Gasteiger partial charge < -0.3 is 0 Å². The number of carbonyl (C=O) groups is 1. The Bertz CT molecular complexity index is 191. The highest BCUT2D eigenvalue weighted by Crippen LogP contribution is 2.37. The lowest BCUT2D eigenvalue weighted by Gasteiger charge is -2.33. The minimum atomic E-state index is 0.135. The van der Waals surface area contributed by atoms with Crippen molar-refractivity contribution in [2.45, 2.75) is 39.5 Å². The molecule has 1 nitrogen and oxygen atoms in total. The molecule has 0 aliphatic heterocycles. The van der Waals surface area contributed by atoms with Crippen LogP contribution < -0.4 is 0 Å². The van der Waals surface area contributed by atoms with E-state index in [1.165, 1.54) is 6.42 Å². The van der Waals surface area contributed by atoms with Crippen LogP contribution in [0.2, 0.25) is 0 Å². The molecule has 1 aliphatic carbocycles. The number of rotatable bonds is 2. The van der Waals surface area contributed by atoms with Crippen molar-refractivity contribution in [3.63, 3.8) is 0 Å². The van der Waals surface area contributed by atoms with Gasteiger partial charge in [0.05, 0.1) is 0 Å². The number of ketones is 1. The summed E-state index contributed by atoms with van der Waals surface area (Å²) in [6, 6.07) is 0. The first-order chi connectivity index (χ1) is 5.56. The van der Waals surface area contributed by atoms with Gasteiger partial charge in [-0.15, -0.1) is 6.58 Å². The topological polar surface area (TPSA) is 17.1 Å². The van der Waals surface area contributed by atoms with Crippen molar-refractivity contribution in [2.75, 3.05) is 0 Å². The summed E-state index contributed by atoms with van der Waals surface area (Å²) in [5.74, 6) is 0.956. The fourth-order valence-corrected chi connectivity index (χ4v) is 1.83. The van der Waals surface area contributed by atoms with Crippen LogP contribution >= 0.6 is 0 Å². The Balaban J connectivity index is 2.62. The van der Waals surface area contributed by atoms with E-state index in [-0.39, 0.29) is 5.41 Å². The summed E-state index contributed by atoms with van der Waals surface area (Å²) in [4.78, 5) is 11.2. The molecule has 0 aromatic carbocycles. The van der Waals surface area contributed by atoms with Crippen molar-refractivity contribution in [3.8, 4) is 0 Å². The number of carbonyl (C=O) groups excluding carboxylic acids is 1. The van der Waals surface area contributed by atoms with Gasteiger partial charge in [-0.1, -0.05) is 19.9 Å². The van der Waals surface area contributed by atoms with E-state index in [9.17, 15) is 4.79 Å². The SMILES string of the molecule is C=CC(C)(C)[C@@H]1CCCC(=O)C1. The molecular weight excluding hydrogens is 148 g/mol. The molecule has 0 radical (unpaired) electrons. The van der Waals surface area contributed by atoms with Gasteiger partial charge in [0.2, 0.25) is 0 Å². The fourth-order valence-electron chi connectivity index (χ4n) is 1.83. The van der Waals surface area contributed by atoms with Crippen LogP contribution in [0.5, 0.6) is 0 Å². The molecule has 1 heteroatoms. The zero-order valence-corrected chi connectivity index (χ0v) is 8.10. The summed E-state index contributed by atoms with van der Waals surface area (Å²) in [6.07, 6.45) is 5.80. The highest BCUT2D eigenvalue weighted by Gasteiger charge is 2.30. The molecule has 0 aromatic heterocycles. The van der Waals surface area contributed by atoms with Gasteiger partial charge in [-0.3, -0.25) is 4.79 Å². The number of Topliss-reactive ketones (excluding diaryl/α,β-unsaturated/α-hetero) is 1. The predicted octanol–water partition coefficient (Wildman–Crippen LogP) is 2.96. The summed E-state index contributed by atoms with van der Waals surface area (Å²) in [7, 11) is 0. The molecule has 1 rings (SSSR count). The zero-order valence-electron chi connectivity index (χ0n) is 8.10. The standard InChI is InChI=1S/C11H18O/c1-4-11(2,3)9-6-5-7-10(12)8-9/h4,9H,1,5-8H2,2-3H3/t9-/m1/s1. The Kier molecular flexibility index (Phi) is 2.71. The summed E-state index contributed by atoms with van der Waals surface area (Å²) < 4.78 is 0. The molecule has 0 amide bonds. The maximum Gasteiger partial charge on any atom is 0.133 e. The van der Waals surface area contributed by atoms with Gasteiger partial charge in [-0.25, -0.2) is 0 Å². The maximum atomic E-state index is 11.2. The van der Waals surface area contributed by atoms with Gasteiger partial charge in [0.15, 0.2) is 0 Å². The van der Waals surface area contributed by atoms with Crippen LogP contribution in [0.15, 0.2) is 12.7 Å². The van der Waals surface area contributed by atoms with Crippen molar-refractivity contribution >= 4 is 5.78 Å². The Morgan fingerprint density at radius 2 is 2.25 bits per heavy atom. The number of allylic oxidation sites excluding steroid dienone is 1. The molecule has 0 unspecified atom stereocenters. The molecule has 68 valence electrons. The summed E-state index contributed by atoms with van der Waals surface area (Å²) >= 11 is 0. The molecule has 0 aromatic rings. The van der Waals surface area contributed by atoms with Crippen LogP contribution in [0.1, 0.15) is 39.5 Å². The van der Waals surface area contributed by atoms with E-state index in [2.05, 4.69) is 20.4 Å². The molecule has 1 atom stereocenters. The van der Waals surface area contributed by atoms with Crippen molar-refractivity contribution in [1.29, 1.82) is 0 Å². The molecule has 1 fully saturated rings. The summed E-state index contributed by atoms with van der Waals surface area (Å²) in [5, 5.41) is 0. The predicted molar refractivity (Wildman–Crippen MR) is 50.9 cm³/mol. The zero-order chi connectivity index (χ0) is 9.19. The first kappa shape index (κ1) is 9.50. The Morgan fingerprint density at radius 1 is 1.58 bits per heavy atom. The number of hydrogen-bond acceptors (Lipinski definition) is 1. The highest BCUT2D eigenvalue weighted by molar-refractivity contribution is 5.79. The molecular formula is C11H18O. The normalized spacial score (nSPS) is 25.5. The van der Waals surface area contributed by atoms with E-state index < -0.39 is 0 Å². The molecule has 0 spiro atoms. The summed E-state index contributed by atoms with van der Waals surface area (Å²) in [5.41, 5.74) is 0.135. The first-order valence-electron chi connectivity index (χ1n) is 4.71. The van der Waals surface area contributed by atoms with Crippen LogP contribution in [0, 0.1) is 11.3 Å². The fraction of sp³-hybridized carbons (Fsp3) is 0.727. The van der Waals surface area contributed by atoms with Crippen LogP contribution in [0.4, 0.5) is 0 Å². The van der Waals surface area contributed by atoms with Crippen LogP contribution in [-0.4, -0.2) is 5.78 Å². The van der Waals surface area contributed by atoms with E-state index in [1.54, 1.807) is 0 Å². The largest absolute Gasteiger partial charge is 0.300 e. The van der Waals surface area contributed by atoms with Crippen molar-refractivity contribution in [2.24, 2.45) is 11.3 Å². The lowest BCUT2D eigenvalue weighted by Crippen LogP contribution is -2.27. The lowest BCUT2D eigenvalue weighted by atomic mass is 9.71. The quantitative estimate of drug-likeness (QED) is 0.576. The molecule has 0 bridgehead atoms. The molecule has 0 saturated heterocycles. The monoisotopic (exact) mass is 166 g/mol. The third-order valence-electron chi connectivity index (χ3n) is 3.06.